The van der Waals surface area contributed by atoms with Crippen LogP contribution in [0, 0.1) is 0 Å². The van der Waals surface area contributed by atoms with Gasteiger partial charge in [0.1, 0.15) is 5.82 Å². The van der Waals surface area contributed by atoms with E-state index in [1.54, 1.807) is 13.3 Å². The van der Waals surface area contributed by atoms with E-state index < -0.39 is 0 Å². The fourth-order valence-electron chi connectivity index (χ4n) is 2.58. The minimum Gasteiger partial charge on any atom is -0.384 e. The number of nitrogens with one attached hydrogen (secondary N) is 1. The van der Waals surface area contributed by atoms with E-state index in [-0.39, 0.29) is 11.6 Å². The summed E-state index contributed by atoms with van der Waals surface area (Å²) in [5.41, 5.74) is 6.77. The number of methoxy groups -OCH3 is 1. The summed E-state index contributed by atoms with van der Waals surface area (Å²) in [7, 11) is 3.77. The number of nitrogen functional groups attached to an aromatic ring is 1. The molecule has 0 fully saturated rings. The number of nitrogens with zero attached hydrogens (tertiary/aromatic N) is 1. The zero-order chi connectivity index (χ0) is 13.6. The maximum absolute atomic E-state index is 5.78. The van der Waals surface area contributed by atoms with Crippen molar-refractivity contribution in [2.75, 3.05) is 19.9 Å². The van der Waals surface area contributed by atoms with Gasteiger partial charge in [-0.1, -0.05) is 13.8 Å². The summed E-state index contributed by atoms with van der Waals surface area (Å²) in [5, 5.41) is 3.38. The fraction of sp³-hybridized carbons (Fsp3) is 0.643. The van der Waals surface area contributed by atoms with Gasteiger partial charge >= 0.3 is 0 Å². The van der Waals surface area contributed by atoms with Crippen molar-refractivity contribution < 1.29 is 4.74 Å². The van der Waals surface area contributed by atoms with Crippen molar-refractivity contribution >= 4 is 5.82 Å². The highest BCUT2D eigenvalue weighted by molar-refractivity contribution is 5.32. The van der Waals surface area contributed by atoms with Gasteiger partial charge in [0, 0.05) is 19.3 Å². The molecule has 0 spiro atoms. The molecule has 3 N–H and O–H groups in total. The Morgan fingerprint density at radius 3 is 2.56 bits per heavy atom. The molecule has 0 radical (unpaired) electrons. The number of likely N-dealkylation sites (N-methyl/N-ethyl adjacent to an activating group) is 1. The molecule has 4 heteroatoms. The van der Waals surface area contributed by atoms with E-state index in [9.17, 15) is 0 Å². The van der Waals surface area contributed by atoms with Gasteiger partial charge < -0.3 is 15.8 Å². The Balaban J connectivity index is 2.90. The molecule has 1 heterocycles. The monoisotopic (exact) mass is 251 g/mol. The van der Waals surface area contributed by atoms with Crippen LogP contribution in [0.3, 0.4) is 0 Å². The first-order chi connectivity index (χ1) is 8.61. The SMILES string of the molecule is CCC(CC)(OC)C(Cc1ccnc(N)c1)NC. The predicted octanol–water partition coefficient (Wildman–Crippen LogP) is 2.00. The molecule has 0 bridgehead atoms. The van der Waals surface area contributed by atoms with E-state index in [4.69, 9.17) is 10.5 Å². The van der Waals surface area contributed by atoms with E-state index in [1.807, 2.05) is 19.2 Å². The lowest BCUT2D eigenvalue weighted by Gasteiger charge is -2.38. The maximum atomic E-state index is 5.78. The summed E-state index contributed by atoms with van der Waals surface area (Å²) in [5.74, 6) is 0.568. The largest absolute Gasteiger partial charge is 0.384 e. The smallest absolute Gasteiger partial charge is 0.123 e. The van der Waals surface area contributed by atoms with E-state index in [0.29, 0.717) is 5.82 Å². The average Bonchev–Trinajstić information content (AvgIpc) is 2.40. The van der Waals surface area contributed by atoms with Gasteiger partial charge in [-0.2, -0.15) is 0 Å². The molecule has 0 aromatic carbocycles. The number of aromatic nitrogens is 1. The Morgan fingerprint density at radius 2 is 2.11 bits per heavy atom. The highest BCUT2D eigenvalue weighted by atomic mass is 16.5. The molecule has 0 aliphatic rings. The van der Waals surface area contributed by atoms with Crippen LogP contribution in [0.5, 0.6) is 0 Å². The second-order valence-electron chi connectivity index (χ2n) is 4.61. The summed E-state index contributed by atoms with van der Waals surface area (Å²) in [6, 6.07) is 4.20. The average molecular weight is 251 g/mol. The molecule has 102 valence electrons. The normalized spacial score (nSPS) is 13.6. The third-order valence-electron chi connectivity index (χ3n) is 3.87. The lowest BCUT2D eigenvalue weighted by molar-refractivity contribution is -0.0454. The van der Waals surface area contributed by atoms with E-state index >= 15 is 0 Å². The molecule has 1 rings (SSSR count). The Kier molecular flexibility index (Phi) is 5.56. The van der Waals surface area contributed by atoms with Gasteiger partial charge in [0.05, 0.1) is 5.60 Å². The molecule has 0 aliphatic carbocycles. The van der Waals surface area contributed by atoms with Crippen molar-refractivity contribution in [3.63, 3.8) is 0 Å². The Hall–Kier alpha value is -1.13. The lowest BCUT2D eigenvalue weighted by atomic mass is 9.84. The number of rotatable bonds is 7. The van der Waals surface area contributed by atoms with Crippen molar-refractivity contribution in [1.82, 2.24) is 10.3 Å². The van der Waals surface area contributed by atoms with Gasteiger partial charge in [0.25, 0.3) is 0 Å². The molecular weight excluding hydrogens is 226 g/mol. The molecule has 1 aromatic rings. The zero-order valence-electron chi connectivity index (χ0n) is 11.9. The summed E-state index contributed by atoms with van der Waals surface area (Å²) >= 11 is 0. The number of anilines is 1. The molecule has 1 unspecified atom stereocenters. The van der Waals surface area contributed by atoms with E-state index in [2.05, 4.69) is 24.1 Å². The summed E-state index contributed by atoms with van der Waals surface area (Å²) < 4.78 is 5.78. The van der Waals surface area contributed by atoms with Crippen molar-refractivity contribution in [1.29, 1.82) is 0 Å². The third kappa shape index (κ3) is 3.21. The van der Waals surface area contributed by atoms with Crippen molar-refractivity contribution in [3.8, 4) is 0 Å². The summed E-state index contributed by atoms with van der Waals surface area (Å²) in [4.78, 5) is 4.02. The molecule has 0 amide bonds. The van der Waals surface area contributed by atoms with Crippen LogP contribution in [0.25, 0.3) is 0 Å². The maximum Gasteiger partial charge on any atom is 0.123 e. The van der Waals surface area contributed by atoms with Gasteiger partial charge in [-0.05, 0) is 44.0 Å². The first kappa shape index (κ1) is 14.9. The lowest BCUT2D eigenvalue weighted by Crippen LogP contribution is -2.51. The molecule has 1 aromatic heterocycles. The van der Waals surface area contributed by atoms with Crippen molar-refractivity contribution in [2.24, 2.45) is 0 Å². The topological polar surface area (TPSA) is 60.2 Å². The van der Waals surface area contributed by atoms with Crippen LogP contribution in [0.2, 0.25) is 0 Å². The van der Waals surface area contributed by atoms with Crippen LogP contribution in [0.15, 0.2) is 18.3 Å². The minimum atomic E-state index is -0.132. The Bertz CT molecular complexity index is 356. The summed E-state index contributed by atoms with van der Waals surface area (Å²) in [6.07, 6.45) is 4.60. The second-order valence-corrected chi connectivity index (χ2v) is 4.61. The number of hydrogen-bond donors (Lipinski definition) is 2. The first-order valence-corrected chi connectivity index (χ1v) is 6.54. The molecule has 0 saturated heterocycles. The van der Waals surface area contributed by atoms with Crippen molar-refractivity contribution in [3.05, 3.63) is 23.9 Å². The highest BCUT2D eigenvalue weighted by Gasteiger charge is 2.34. The van der Waals surface area contributed by atoms with Gasteiger partial charge in [-0.3, -0.25) is 0 Å². The van der Waals surface area contributed by atoms with Crippen LogP contribution in [-0.2, 0) is 11.2 Å². The van der Waals surface area contributed by atoms with Gasteiger partial charge in [-0.15, -0.1) is 0 Å². The molecule has 4 nitrogen and oxygen atoms in total. The van der Waals surface area contributed by atoms with E-state index in [0.717, 1.165) is 19.3 Å². The van der Waals surface area contributed by atoms with Crippen LogP contribution in [0.4, 0.5) is 5.82 Å². The zero-order valence-corrected chi connectivity index (χ0v) is 11.9. The van der Waals surface area contributed by atoms with Crippen LogP contribution >= 0.6 is 0 Å². The van der Waals surface area contributed by atoms with Crippen LogP contribution < -0.4 is 11.1 Å². The number of nitrogens with two attached hydrogens (primary N) is 1. The standard InChI is InChI=1S/C14H25N3O/c1-5-14(6-2,18-4)12(16-3)9-11-7-8-17-13(15)10-11/h7-8,10,12,16H,5-6,9H2,1-4H3,(H2,15,17). The second kappa shape index (κ2) is 6.71. The van der Waals surface area contributed by atoms with Gasteiger partial charge in [0.2, 0.25) is 0 Å². The molecule has 1 atom stereocenters. The Labute approximate surface area is 110 Å². The van der Waals surface area contributed by atoms with Gasteiger partial charge in [0.15, 0.2) is 0 Å². The van der Waals surface area contributed by atoms with Crippen molar-refractivity contribution in [2.45, 2.75) is 44.8 Å². The Morgan fingerprint density at radius 1 is 1.44 bits per heavy atom. The molecular formula is C14H25N3O. The quantitative estimate of drug-likeness (QED) is 0.778. The molecule has 0 aliphatic heterocycles. The van der Waals surface area contributed by atoms with Crippen LogP contribution in [0.1, 0.15) is 32.3 Å². The van der Waals surface area contributed by atoms with Gasteiger partial charge in [-0.25, -0.2) is 4.98 Å². The fourth-order valence-corrected chi connectivity index (χ4v) is 2.58. The molecule has 0 saturated carbocycles. The summed E-state index contributed by atoms with van der Waals surface area (Å²) in [6.45, 7) is 4.33. The minimum absolute atomic E-state index is 0.132. The number of pyridine rings is 1. The molecule has 18 heavy (non-hydrogen) atoms. The number of ether oxygens (including phenoxy) is 1. The third-order valence-corrected chi connectivity index (χ3v) is 3.87. The predicted molar refractivity (Wildman–Crippen MR) is 75.5 cm³/mol. The highest BCUT2D eigenvalue weighted by Crippen LogP contribution is 2.26. The van der Waals surface area contributed by atoms with E-state index in [1.165, 1.54) is 5.56 Å². The number of hydrogen-bond acceptors (Lipinski definition) is 4. The van der Waals surface area contributed by atoms with Crippen LogP contribution in [-0.4, -0.2) is 30.8 Å². The first-order valence-electron chi connectivity index (χ1n) is 6.54.